The highest BCUT2D eigenvalue weighted by atomic mass is 19.1. The Morgan fingerprint density at radius 3 is 2.66 bits per heavy atom. The van der Waals surface area contributed by atoms with Gasteiger partial charge in [-0.3, -0.25) is 0 Å². The van der Waals surface area contributed by atoms with E-state index in [9.17, 15) is 14.3 Å². The topological polar surface area (TPSA) is 89.4 Å². The monoisotopic (exact) mass is 515 g/mol. The third kappa shape index (κ3) is 4.50. The van der Waals surface area contributed by atoms with Crippen LogP contribution in [0.5, 0.6) is 5.75 Å². The van der Waals surface area contributed by atoms with Gasteiger partial charge in [0.1, 0.15) is 24.2 Å². The fraction of sp³-hybridized carbons (Fsp3) is 0.300. The SMILES string of the molecule is COc1ccc([C@@H]2[NH2+][C@H](C(=O)[O-])Cc3c2[nH]c2ccccc32)cc1C[NH+]1CCN(c2ccccc2F)CC1. The molecule has 0 aliphatic carbocycles. The molecule has 4 N–H and O–H groups in total. The minimum absolute atomic E-state index is 0.180. The number of piperazine rings is 1. The molecule has 3 heterocycles. The van der Waals surface area contributed by atoms with Gasteiger partial charge in [0.05, 0.1) is 50.6 Å². The van der Waals surface area contributed by atoms with E-state index in [1.807, 2.05) is 53.8 Å². The number of nitrogens with zero attached hydrogens (tertiary/aromatic N) is 1. The standard InChI is InChI=1S/C30H31FN4O3/c1-38-27-11-10-19(16-20(27)18-34-12-14-35(15-13-34)26-9-5-3-7-23(26)31)28-29-22(17-25(33-28)30(36)37)21-6-2-4-8-24(21)32-29/h2-11,16,25,28,32-33H,12-15,17-18H2,1H3,(H,36,37)/p+1/t25-,28-/m0/s1. The van der Waals surface area contributed by atoms with Crippen LogP contribution >= 0.6 is 0 Å². The van der Waals surface area contributed by atoms with Crippen molar-refractivity contribution in [3.63, 3.8) is 0 Å². The maximum absolute atomic E-state index is 14.3. The normalized spacial score (nSPS) is 19.9. The molecule has 0 radical (unpaired) electrons. The van der Waals surface area contributed by atoms with E-state index >= 15 is 0 Å². The number of nitrogens with two attached hydrogens (primary N) is 1. The number of benzene rings is 3. The first-order chi connectivity index (χ1) is 18.5. The van der Waals surface area contributed by atoms with Gasteiger partial charge in [0.15, 0.2) is 6.04 Å². The number of carboxylic acid groups (broad SMARTS) is 1. The van der Waals surface area contributed by atoms with Crippen LogP contribution in [-0.4, -0.2) is 50.3 Å². The van der Waals surface area contributed by atoms with Crippen LogP contribution in [0.25, 0.3) is 10.9 Å². The van der Waals surface area contributed by atoms with Crippen molar-refractivity contribution < 1.29 is 29.2 Å². The lowest BCUT2D eigenvalue weighted by Crippen LogP contribution is -3.13. The van der Waals surface area contributed by atoms with Gasteiger partial charge in [0, 0.05) is 28.5 Å². The van der Waals surface area contributed by atoms with E-state index in [0.29, 0.717) is 12.1 Å². The number of halogens is 1. The molecule has 8 heteroatoms. The number of para-hydroxylation sites is 2. The first-order valence-corrected chi connectivity index (χ1v) is 13.2. The molecule has 1 saturated heterocycles. The number of hydrogen-bond acceptors (Lipinski definition) is 4. The minimum Gasteiger partial charge on any atom is -0.544 e. The number of quaternary nitrogens is 2. The Kier molecular flexibility index (Phi) is 6.51. The average molecular weight is 516 g/mol. The number of carboxylic acids is 1. The molecule has 0 unspecified atom stereocenters. The number of aromatic nitrogens is 1. The third-order valence-corrected chi connectivity index (χ3v) is 8.08. The van der Waals surface area contributed by atoms with Crippen LogP contribution < -0.4 is 25.0 Å². The van der Waals surface area contributed by atoms with Crippen molar-refractivity contribution in [3.8, 4) is 5.75 Å². The van der Waals surface area contributed by atoms with Crippen molar-refractivity contribution in [2.24, 2.45) is 0 Å². The van der Waals surface area contributed by atoms with Crippen molar-refractivity contribution in [1.82, 2.24) is 4.98 Å². The van der Waals surface area contributed by atoms with E-state index in [0.717, 1.165) is 71.8 Å². The van der Waals surface area contributed by atoms with Crippen LogP contribution in [0, 0.1) is 5.82 Å². The van der Waals surface area contributed by atoms with Gasteiger partial charge in [0.2, 0.25) is 0 Å². The van der Waals surface area contributed by atoms with Crippen LogP contribution in [0.15, 0.2) is 66.7 Å². The number of hydrogen-bond donors (Lipinski definition) is 3. The van der Waals surface area contributed by atoms with Crippen molar-refractivity contribution >= 4 is 22.6 Å². The number of nitrogens with one attached hydrogen (secondary N) is 2. The highest BCUT2D eigenvalue weighted by molar-refractivity contribution is 5.86. The van der Waals surface area contributed by atoms with E-state index in [1.54, 1.807) is 13.2 Å². The van der Waals surface area contributed by atoms with Gasteiger partial charge in [-0.25, -0.2) is 4.39 Å². The largest absolute Gasteiger partial charge is 0.544 e. The second kappa shape index (κ2) is 10.1. The summed E-state index contributed by atoms with van der Waals surface area (Å²) in [6.07, 6.45) is 0.428. The summed E-state index contributed by atoms with van der Waals surface area (Å²) in [5, 5.41) is 14.9. The Labute approximate surface area is 220 Å². The number of carbonyl (C=O) groups is 1. The summed E-state index contributed by atoms with van der Waals surface area (Å²) >= 11 is 0. The summed E-state index contributed by atoms with van der Waals surface area (Å²) in [6.45, 7) is 4.10. The van der Waals surface area contributed by atoms with E-state index in [4.69, 9.17) is 4.74 Å². The van der Waals surface area contributed by atoms with Gasteiger partial charge < -0.3 is 34.7 Å². The summed E-state index contributed by atoms with van der Waals surface area (Å²) in [5.74, 6) is -0.404. The van der Waals surface area contributed by atoms with Crippen LogP contribution in [0.4, 0.5) is 10.1 Å². The maximum atomic E-state index is 14.3. The lowest BCUT2D eigenvalue weighted by molar-refractivity contribution is -0.914. The first kappa shape index (κ1) is 24.5. The molecule has 0 spiro atoms. The molecule has 2 aliphatic rings. The number of carbonyl (C=O) groups excluding carboxylic acids is 1. The molecule has 0 bridgehead atoms. The molecule has 4 aromatic rings. The predicted molar refractivity (Wildman–Crippen MR) is 141 cm³/mol. The molecule has 3 aromatic carbocycles. The lowest BCUT2D eigenvalue weighted by Gasteiger charge is -2.34. The zero-order chi connectivity index (χ0) is 26.2. The Hall–Kier alpha value is -3.88. The van der Waals surface area contributed by atoms with Crippen molar-refractivity contribution in [1.29, 1.82) is 0 Å². The highest BCUT2D eigenvalue weighted by Crippen LogP contribution is 2.33. The summed E-state index contributed by atoms with van der Waals surface area (Å²) in [5.41, 5.74) is 5.89. The van der Waals surface area contributed by atoms with Crippen molar-refractivity contribution in [2.75, 3.05) is 38.2 Å². The zero-order valence-electron chi connectivity index (χ0n) is 21.4. The average Bonchev–Trinajstić information content (AvgIpc) is 3.32. The fourth-order valence-electron chi connectivity index (χ4n) is 6.11. The van der Waals surface area contributed by atoms with Gasteiger partial charge >= 0.3 is 0 Å². The lowest BCUT2D eigenvalue weighted by atomic mass is 9.89. The second-order valence-corrected chi connectivity index (χ2v) is 10.3. The van der Waals surface area contributed by atoms with Gasteiger partial charge in [-0.15, -0.1) is 0 Å². The molecule has 6 rings (SSSR count). The summed E-state index contributed by atoms with van der Waals surface area (Å²) < 4.78 is 20.0. The number of aliphatic carboxylic acids is 1. The molecule has 1 aromatic heterocycles. The van der Waals surface area contributed by atoms with Gasteiger partial charge in [-0.1, -0.05) is 30.3 Å². The molecule has 0 saturated carbocycles. The maximum Gasteiger partial charge on any atom is 0.153 e. The summed E-state index contributed by atoms with van der Waals surface area (Å²) in [6, 6.07) is 20.3. The first-order valence-electron chi connectivity index (χ1n) is 13.2. The molecule has 1 fully saturated rings. The molecule has 196 valence electrons. The van der Waals surface area contributed by atoms with E-state index in [-0.39, 0.29) is 11.9 Å². The minimum atomic E-state index is -1.04. The van der Waals surface area contributed by atoms with Gasteiger partial charge in [-0.05, 0) is 42.0 Å². The Bertz CT molecular complexity index is 1480. The van der Waals surface area contributed by atoms with Gasteiger partial charge in [0.25, 0.3) is 0 Å². The molecule has 2 aliphatic heterocycles. The molecular weight excluding hydrogens is 483 g/mol. The number of aromatic amines is 1. The number of ether oxygens (including phenoxy) is 1. The Morgan fingerprint density at radius 1 is 1.13 bits per heavy atom. The van der Waals surface area contributed by atoms with E-state index < -0.39 is 12.0 Å². The van der Waals surface area contributed by atoms with Crippen LogP contribution in [0.1, 0.15) is 28.4 Å². The zero-order valence-corrected chi connectivity index (χ0v) is 21.4. The number of H-pyrrole nitrogens is 1. The number of anilines is 1. The molecular formula is C30H32FN4O3+. The Morgan fingerprint density at radius 2 is 1.89 bits per heavy atom. The number of fused-ring (bicyclic) bond motifs is 3. The van der Waals surface area contributed by atoms with Crippen LogP contribution in [-0.2, 0) is 17.8 Å². The smallest absolute Gasteiger partial charge is 0.153 e. The quantitative estimate of drug-likeness (QED) is 0.350. The molecule has 7 nitrogen and oxygen atoms in total. The van der Waals surface area contributed by atoms with Crippen molar-refractivity contribution in [3.05, 3.63) is 94.9 Å². The number of rotatable bonds is 6. The Balaban J connectivity index is 1.27. The van der Waals surface area contributed by atoms with Crippen LogP contribution in [0.3, 0.4) is 0 Å². The van der Waals surface area contributed by atoms with Crippen molar-refractivity contribution in [2.45, 2.75) is 25.0 Å². The molecule has 0 amide bonds. The highest BCUT2D eigenvalue weighted by Gasteiger charge is 2.35. The number of methoxy groups -OCH3 is 1. The fourth-order valence-corrected chi connectivity index (χ4v) is 6.11. The van der Waals surface area contributed by atoms with Gasteiger partial charge in [-0.2, -0.15) is 0 Å². The summed E-state index contributed by atoms with van der Waals surface area (Å²) in [7, 11) is 1.68. The van der Waals surface area contributed by atoms with E-state index in [2.05, 4.69) is 16.0 Å². The third-order valence-electron chi connectivity index (χ3n) is 8.08. The predicted octanol–water partition coefficient (Wildman–Crippen LogP) is 0.548. The second-order valence-electron chi connectivity index (χ2n) is 10.3. The summed E-state index contributed by atoms with van der Waals surface area (Å²) in [4.78, 5) is 19.1. The molecule has 38 heavy (non-hydrogen) atoms. The molecule has 2 atom stereocenters. The van der Waals surface area contributed by atoms with E-state index in [1.165, 1.54) is 11.0 Å². The van der Waals surface area contributed by atoms with Crippen LogP contribution in [0.2, 0.25) is 0 Å².